The van der Waals surface area contributed by atoms with Gasteiger partial charge >= 0.3 is 0 Å². The van der Waals surface area contributed by atoms with Gasteiger partial charge in [-0.2, -0.15) is 5.06 Å². The first-order valence-electron chi connectivity index (χ1n) is 4.09. The fourth-order valence-corrected chi connectivity index (χ4v) is 1.49. The molecule has 0 spiro atoms. The summed E-state index contributed by atoms with van der Waals surface area (Å²) >= 11 is 0. The summed E-state index contributed by atoms with van der Waals surface area (Å²) in [5, 5.41) is 29.8. The maximum atomic E-state index is 9.43. The summed E-state index contributed by atoms with van der Waals surface area (Å²) in [4.78, 5) is 0. The number of hydroxylamine groups is 3. The largest absolute Gasteiger partial charge is 0.506 e. The van der Waals surface area contributed by atoms with Crippen molar-refractivity contribution in [1.29, 1.82) is 0 Å². The molecule has 0 bridgehead atoms. The fraction of sp³-hybridized carbons (Fsp3) is 0.250. The van der Waals surface area contributed by atoms with Gasteiger partial charge in [-0.05, 0) is 11.6 Å². The average Bonchev–Trinajstić information content (AvgIpc) is 2.08. The lowest BCUT2D eigenvalue weighted by Gasteiger charge is -2.30. The Morgan fingerprint density at radius 3 is 2.71 bits per heavy atom. The van der Waals surface area contributed by atoms with E-state index in [-0.39, 0.29) is 24.7 Å². The smallest absolute Gasteiger partial charge is 0.140 e. The van der Waals surface area contributed by atoms with Gasteiger partial charge in [-0.25, -0.2) is 5.06 Å². The van der Waals surface area contributed by atoms with Crippen LogP contribution < -0.4 is 10.8 Å². The molecule has 2 rings (SSSR count). The Kier molecular flexibility index (Phi) is 1.95. The molecule has 6 nitrogen and oxygen atoms in total. The topological polar surface area (TPSA) is 93.2 Å². The van der Waals surface area contributed by atoms with E-state index >= 15 is 0 Å². The highest BCUT2D eigenvalue weighted by atomic mass is 16.5. The molecule has 1 aliphatic heterocycles. The lowest BCUT2D eigenvalue weighted by molar-refractivity contribution is -0.117. The first-order valence-corrected chi connectivity index (χ1v) is 4.09. The van der Waals surface area contributed by atoms with Crippen LogP contribution >= 0.6 is 0 Å². The van der Waals surface area contributed by atoms with Crippen LogP contribution in [-0.2, 0) is 6.54 Å². The van der Waals surface area contributed by atoms with Crippen LogP contribution in [0.25, 0.3) is 0 Å². The zero-order valence-electron chi connectivity index (χ0n) is 7.38. The number of hydrogen-bond donors (Lipinski definition) is 4. The zero-order chi connectivity index (χ0) is 10.3. The highest BCUT2D eigenvalue weighted by Gasteiger charge is 2.21. The van der Waals surface area contributed by atoms with Crippen LogP contribution in [0, 0.1) is 0 Å². The maximum absolute atomic E-state index is 9.43. The summed E-state index contributed by atoms with van der Waals surface area (Å²) < 4.78 is 0. The Balaban J connectivity index is 2.49. The van der Waals surface area contributed by atoms with E-state index in [1.807, 2.05) is 0 Å². The lowest BCUT2D eigenvalue weighted by Crippen LogP contribution is -2.38. The van der Waals surface area contributed by atoms with Gasteiger partial charge in [0.15, 0.2) is 0 Å². The Bertz CT molecular complexity index is 369. The van der Waals surface area contributed by atoms with Crippen molar-refractivity contribution >= 4 is 11.4 Å². The number of nitrogens with zero attached hydrogens (tertiary/aromatic N) is 2. The van der Waals surface area contributed by atoms with Gasteiger partial charge in [-0.1, -0.05) is 0 Å². The van der Waals surface area contributed by atoms with Crippen LogP contribution in [-0.4, -0.2) is 27.3 Å². The van der Waals surface area contributed by atoms with Crippen LogP contribution in [0.15, 0.2) is 12.1 Å². The Hall–Kier alpha value is -1.50. The van der Waals surface area contributed by atoms with Crippen LogP contribution in [0.1, 0.15) is 5.56 Å². The summed E-state index contributed by atoms with van der Waals surface area (Å²) in [5.41, 5.74) is 6.84. The van der Waals surface area contributed by atoms with Gasteiger partial charge in [0.25, 0.3) is 0 Å². The molecular formula is C8H11N3O3. The molecule has 0 atom stereocenters. The maximum Gasteiger partial charge on any atom is 0.140 e. The summed E-state index contributed by atoms with van der Waals surface area (Å²) in [6.45, 7) is 0.257. The third kappa shape index (κ3) is 1.35. The molecule has 76 valence electrons. The monoisotopic (exact) mass is 197 g/mol. The van der Waals surface area contributed by atoms with Crippen LogP contribution in [0.5, 0.6) is 5.75 Å². The number of rotatable bonds is 0. The van der Waals surface area contributed by atoms with Crippen molar-refractivity contribution in [3.05, 3.63) is 17.7 Å². The minimum Gasteiger partial charge on any atom is -0.506 e. The number of phenolic OH excluding ortho intramolecular Hbond substituents is 1. The minimum absolute atomic E-state index is 0.0175. The summed E-state index contributed by atoms with van der Waals surface area (Å²) in [7, 11) is 0. The lowest BCUT2D eigenvalue weighted by atomic mass is 10.1. The van der Waals surface area contributed by atoms with Crippen molar-refractivity contribution in [3.8, 4) is 5.75 Å². The van der Waals surface area contributed by atoms with E-state index in [0.29, 0.717) is 11.3 Å². The number of hydrogen-bond acceptors (Lipinski definition) is 6. The summed E-state index contributed by atoms with van der Waals surface area (Å²) in [6.07, 6.45) is 0. The predicted octanol–water partition coefficient (Wildman–Crippen LogP) is 0.332. The summed E-state index contributed by atoms with van der Waals surface area (Å²) in [5.74, 6) is -0.0748. The van der Waals surface area contributed by atoms with Crippen molar-refractivity contribution in [3.63, 3.8) is 0 Å². The number of aromatic hydroxyl groups is 1. The van der Waals surface area contributed by atoms with Gasteiger partial charge < -0.3 is 16.0 Å². The summed E-state index contributed by atoms with van der Waals surface area (Å²) in [6, 6.07) is 2.90. The van der Waals surface area contributed by atoms with Gasteiger partial charge in [-0.3, -0.25) is 5.21 Å². The van der Waals surface area contributed by atoms with E-state index in [4.69, 9.17) is 5.73 Å². The molecule has 1 aliphatic rings. The fourth-order valence-electron chi connectivity index (χ4n) is 1.49. The number of fused-ring (bicyclic) bond motifs is 1. The quantitative estimate of drug-likeness (QED) is 0.354. The normalized spacial score (nSPS) is 16.9. The van der Waals surface area contributed by atoms with Crippen LogP contribution in [0.3, 0.4) is 0 Å². The third-order valence-corrected chi connectivity index (χ3v) is 2.16. The van der Waals surface area contributed by atoms with Crippen molar-refractivity contribution in [1.82, 2.24) is 5.06 Å². The van der Waals surface area contributed by atoms with Gasteiger partial charge in [0, 0.05) is 6.07 Å². The second-order valence-electron chi connectivity index (χ2n) is 3.25. The Morgan fingerprint density at radius 1 is 1.29 bits per heavy atom. The Labute approximate surface area is 80.3 Å². The van der Waals surface area contributed by atoms with Crippen molar-refractivity contribution < 1.29 is 15.5 Å². The molecule has 0 saturated carbocycles. The molecule has 5 N–H and O–H groups in total. The standard InChI is InChI=1S/C8H11N3O3/c9-6-1-5-3-10(13)4-11(14)7(5)2-8(6)12/h1-2,12-14H,3-4,9H2. The molecule has 6 heteroatoms. The van der Waals surface area contributed by atoms with E-state index in [1.54, 1.807) is 0 Å². The average molecular weight is 197 g/mol. The van der Waals surface area contributed by atoms with E-state index < -0.39 is 0 Å². The van der Waals surface area contributed by atoms with E-state index in [0.717, 1.165) is 10.1 Å². The van der Waals surface area contributed by atoms with Crippen molar-refractivity contribution in [2.45, 2.75) is 6.54 Å². The van der Waals surface area contributed by atoms with E-state index in [9.17, 15) is 15.5 Å². The molecule has 0 amide bonds. The second-order valence-corrected chi connectivity index (χ2v) is 3.25. The number of phenols is 1. The third-order valence-electron chi connectivity index (χ3n) is 2.16. The molecule has 1 aromatic rings. The first kappa shape index (κ1) is 9.07. The SMILES string of the molecule is Nc1cc2c(cc1O)N(O)CN(O)C2. The molecular weight excluding hydrogens is 186 g/mol. The molecule has 0 fully saturated rings. The molecule has 0 saturated heterocycles. The molecule has 0 aliphatic carbocycles. The van der Waals surface area contributed by atoms with E-state index in [1.165, 1.54) is 12.1 Å². The molecule has 14 heavy (non-hydrogen) atoms. The van der Waals surface area contributed by atoms with Crippen molar-refractivity contribution in [2.24, 2.45) is 0 Å². The molecule has 0 unspecified atom stereocenters. The number of anilines is 2. The van der Waals surface area contributed by atoms with Crippen molar-refractivity contribution in [2.75, 3.05) is 17.5 Å². The van der Waals surface area contributed by atoms with Gasteiger partial charge in [0.05, 0.1) is 17.9 Å². The number of benzene rings is 1. The number of nitrogen functional groups attached to an aromatic ring is 1. The second kappa shape index (κ2) is 3.02. The van der Waals surface area contributed by atoms with Gasteiger partial charge in [0.1, 0.15) is 12.4 Å². The van der Waals surface area contributed by atoms with Crippen LogP contribution in [0.4, 0.5) is 11.4 Å². The Morgan fingerprint density at radius 2 is 2.00 bits per heavy atom. The van der Waals surface area contributed by atoms with Gasteiger partial charge in [0.2, 0.25) is 0 Å². The molecule has 0 aromatic heterocycles. The number of nitrogens with two attached hydrogens (primary N) is 1. The first-order chi connectivity index (χ1) is 6.58. The predicted molar refractivity (Wildman–Crippen MR) is 49.0 cm³/mol. The molecule has 1 heterocycles. The molecule has 0 radical (unpaired) electrons. The minimum atomic E-state index is -0.0748. The molecule has 1 aromatic carbocycles. The van der Waals surface area contributed by atoms with E-state index in [2.05, 4.69) is 0 Å². The highest BCUT2D eigenvalue weighted by molar-refractivity contribution is 5.66. The van der Waals surface area contributed by atoms with Crippen LogP contribution in [0.2, 0.25) is 0 Å². The highest BCUT2D eigenvalue weighted by Crippen LogP contribution is 2.33. The van der Waals surface area contributed by atoms with Gasteiger partial charge in [-0.15, -0.1) is 0 Å². The zero-order valence-corrected chi connectivity index (χ0v) is 7.38.